The molecule has 0 saturated heterocycles. The van der Waals surface area contributed by atoms with Crippen LogP contribution >= 0.6 is 0 Å². The van der Waals surface area contributed by atoms with Crippen LogP contribution in [-0.4, -0.2) is 37.7 Å². The highest BCUT2D eigenvalue weighted by atomic mass is 32.2. The second kappa shape index (κ2) is 7.06. The molecule has 0 aliphatic heterocycles. The van der Waals surface area contributed by atoms with Gasteiger partial charge in [-0.3, -0.25) is 9.59 Å². The third kappa shape index (κ3) is 5.41. The summed E-state index contributed by atoms with van der Waals surface area (Å²) in [6, 6.07) is 2.71. The zero-order valence-electron chi connectivity index (χ0n) is 11.1. The molecule has 0 aromatic carbocycles. The molecule has 9 heteroatoms. The third-order valence-corrected chi connectivity index (χ3v) is 3.85. The summed E-state index contributed by atoms with van der Waals surface area (Å²) in [5, 5.41) is 2.43. The van der Waals surface area contributed by atoms with E-state index in [0.717, 1.165) is 4.57 Å². The van der Waals surface area contributed by atoms with Gasteiger partial charge in [0.05, 0.1) is 5.75 Å². The molecule has 1 aromatic rings. The first-order chi connectivity index (χ1) is 9.34. The Kier molecular flexibility index (Phi) is 5.71. The molecule has 0 aliphatic rings. The van der Waals surface area contributed by atoms with Gasteiger partial charge in [-0.15, -0.1) is 0 Å². The van der Waals surface area contributed by atoms with Crippen LogP contribution in [0.25, 0.3) is 0 Å². The summed E-state index contributed by atoms with van der Waals surface area (Å²) >= 11 is 0. The fourth-order valence-corrected chi connectivity index (χ4v) is 2.46. The first-order valence-electron chi connectivity index (χ1n) is 6.04. The summed E-state index contributed by atoms with van der Waals surface area (Å²) in [4.78, 5) is 23.0. The minimum absolute atomic E-state index is 0.0226. The number of carbonyl (C=O) groups is 1. The van der Waals surface area contributed by atoms with Crippen LogP contribution in [0.15, 0.2) is 23.1 Å². The number of hydrogen-bond acceptors (Lipinski definition) is 5. The Morgan fingerprint density at radius 3 is 2.75 bits per heavy atom. The number of sulfonamides is 1. The zero-order chi connectivity index (χ0) is 15.2. The van der Waals surface area contributed by atoms with Crippen molar-refractivity contribution in [3.63, 3.8) is 0 Å². The third-order valence-electron chi connectivity index (χ3n) is 2.38. The number of nitrogens with two attached hydrogens (primary N) is 1. The molecule has 1 amide bonds. The summed E-state index contributed by atoms with van der Waals surface area (Å²) < 4.78 is 26.1. The molecule has 8 nitrogen and oxygen atoms in total. The molecular weight excluding hydrogens is 284 g/mol. The van der Waals surface area contributed by atoms with Crippen molar-refractivity contribution in [1.29, 1.82) is 0 Å². The minimum atomic E-state index is -3.37. The van der Waals surface area contributed by atoms with E-state index in [1.165, 1.54) is 18.3 Å². The Labute approximate surface area is 117 Å². The average Bonchev–Trinajstić information content (AvgIpc) is 2.33. The van der Waals surface area contributed by atoms with Gasteiger partial charge in [-0.05, 0) is 6.07 Å². The second-order valence-corrected chi connectivity index (χ2v) is 6.02. The molecule has 1 rings (SSSR count). The van der Waals surface area contributed by atoms with Crippen molar-refractivity contribution in [2.75, 3.05) is 24.6 Å². The lowest BCUT2D eigenvalue weighted by Gasteiger charge is -2.08. The summed E-state index contributed by atoms with van der Waals surface area (Å²) in [6.45, 7) is 1.74. The van der Waals surface area contributed by atoms with Gasteiger partial charge in [-0.25, -0.2) is 13.1 Å². The number of amides is 1. The Morgan fingerprint density at radius 2 is 2.10 bits per heavy atom. The standard InChI is InChI=1S/C11H18N4O4S/c1-2-14-20(18,19)6-5-13-10(16)8-15-7-9(12)3-4-11(15)17/h3-4,7,14H,2,5-6,8,12H2,1H3,(H,13,16). The van der Waals surface area contributed by atoms with E-state index in [-0.39, 0.29) is 24.4 Å². The molecule has 4 N–H and O–H groups in total. The van der Waals surface area contributed by atoms with E-state index >= 15 is 0 Å². The van der Waals surface area contributed by atoms with Crippen LogP contribution in [0.4, 0.5) is 5.69 Å². The van der Waals surface area contributed by atoms with E-state index < -0.39 is 15.9 Å². The van der Waals surface area contributed by atoms with Crippen LogP contribution in [0.5, 0.6) is 0 Å². The highest BCUT2D eigenvalue weighted by Crippen LogP contribution is 1.95. The SMILES string of the molecule is CCNS(=O)(=O)CCNC(=O)Cn1cc(N)ccc1=O. The Hall–Kier alpha value is -1.87. The van der Waals surface area contributed by atoms with E-state index in [0.29, 0.717) is 12.2 Å². The molecular formula is C11H18N4O4S. The van der Waals surface area contributed by atoms with Crippen LogP contribution in [0.3, 0.4) is 0 Å². The van der Waals surface area contributed by atoms with Crippen molar-refractivity contribution in [2.45, 2.75) is 13.5 Å². The average molecular weight is 302 g/mol. The van der Waals surface area contributed by atoms with Crippen molar-refractivity contribution in [3.05, 3.63) is 28.7 Å². The number of carbonyl (C=O) groups excluding carboxylic acids is 1. The van der Waals surface area contributed by atoms with Crippen LogP contribution in [-0.2, 0) is 21.4 Å². The number of nitrogens with zero attached hydrogens (tertiary/aromatic N) is 1. The number of nitrogen functional groups attached to an aromatic ring is 1. The van der Waals surface area contributed by atoms with Crippen molar-refractivity contribution in [2.24, 2.45) is 0 Å². The van der Waals surface area contributed by atoms with E-state index in [4.69, 9.17) is 5.73 Å². The van der Waals surface area contributed by atoms with Crippen molar-refractivity contribution < 1.29 is 13.2 Å². The summed E-state index contributed by atoms with van der Waals surface area (Å²) in [5.41, 5.74) is 5.53. The molecule has 0 bridgehead atoms. The predicted molar refractivity (Wildman–Crippen MR) is 75.6 cm³/mol. The smallest absolute Gasteiger partial charge is 0.251 e. The Morgan fingerprint density at radius 1 is 1.40 bits per heavy atom. The van der Waals surface area contributed by atoms with E-state index in [2.05, 4.69) is 10.0 Å². The zero-order valence-corrected chi connectivity index (χ0v) is 11.9. The van der Waals surface area contributed by atoms with Gasteiger partial charge in [0.25, 0.3) is 5.56 Å². The highest BCUT2D eigenvalue weighted by Gasteiger charge is 2.10. The molecule has 20 heavy (non-hydrogen) atoms. The summed E-state index contributed by atoms with van der Waals surface area (Å²) in [6.07, 6.45) is 1.36. The van der Waals surface area contributed by atoms with Gasteiger partial charge in [-0.1, -0.05) is 6.92 Å². The number of nitrogens with one attached hydrogen (secondary N) is 2. The summed E-state index contributed by atoms with van der Waals surface area (Å²) in [7, 11) is -3.37. The van der Waals surface area contributed by atoms with Crippen molar-refractivity contribution in [3.8, 4) is 0 Å². The van der Waals surface area contributed by atoms with Crippen molar-refractivity contribution in [1.82, 2.24) is 14.6 Å². The van der Waals surface area contributed by atoms with Crippen molar-refractivity contribution >= 4 is 21.6 Å². The lowest BCUT2D eigenvalue weighted by Crippen LogP contribution is -2.37. The van der Waals surface area contributed by atoms with Crippen LogP contribution in [0.2, 0.25) is 0 Å². The van der Waals surface area contributed by atoms with Gasteiger partial charge in [-0.2, -0.15) is 0 Å². The van der Waals surface area contributed by atoms with E-state index in [9.17, 15) is 18.0 Å². The van der Waals surface area contributed by atoms with E-state index in [1.54, 1.807) is 6.92 Å². The number of hydrogen-bond donors (Lipinski definition) is 3. The van der Waals surface area contributed by atoms with Gasteiger partial charge >= 0.3 is 0 Å². The number of pyridine rings is 1. The normalized spacial score (nSPS) is 11.2. The molecule has 0 unspecified atom stereocenters. The molecule has 0 fully saturated rings. The fraction of sp³-hybridized carbons (Fsp3) is 0.455. The molecule has 0 atom stereocenters. The van der Waals surface area contributed by atoms with Gasteiger partial charge in [0, 0.05) is 31.0 Å². The molecule has 1 heterocycles. The maximum atomic E-state index is 11.6. The van der Waals surface area contributed by atoms with Gasteiger partial charge in [0.1, 0.15) is 6.54 Å². The number of rotatable bonds is 7. The Bertz CT molecular complexity index is 624. The first-order valence-corrected chi connectivity index (χ1v) is 7.69. The molecule has 1 aromatic heterocycles. The molecule has 0 spiro atoms. The lowest BCUT2D eigenvalue weighted by molar-refractivity contribution is -0.121. The quantitative estimate of drug-likeness (QED) is 0.565. The molecule has 0 aliphatic carbocycles. The Balaban J connectivity index is 2.49. The lowest BCUT2D eigenvalue weighted by atomic mass is 10.4. The largest absolute Gasteiger partial charge is 0.398 e. The number of anilines is 1. The van der Waals surface area contributed by atoms with Crippen LogP contribution in [0.1, 0.15) is 6.92 Å². The maximum Gasteiger partial charge on any atom is 0.251 e. The van der Waals surface area contributed by atoms with Crippen LogP contribution < -0.4 is 21.3 Å². The van der Waals surface area contributed by atoms with E-state index in [1.807, 2.05) is 0 Å². The summed E-state index contributed by atoms with van der Waals surface area (Å²) in [5.74, 6) is -0.664. The molecule has 0 radical (unpaired) electrons. The first kappa shape index (κ1) is 16.2. The monoisotopic (exact) mass is 302 g/mol. The van der Waals surface area contributed by atoms with Gasteiger partial charge < -0.3 is 15.6 Å². The topological polar surface area (TPSA) is 123 Å². The van der Waals surface area contributed by atoms with Gasteiger partial charge in [0.15, 0.2) is 0 Å². The molecule has 112 valence electrons. The fourth-order valence-electron chi connectivity index (χ4n) is 1.50. The molecule has 0 saturated carbocycles. The number of aromatic nitrogens is 1. The van der Waals surface area contributed by atoms with Gasteiger partial charge in [0.2, 0.25) is 15.9 Å². The maximum absolute atomic E-state index is 11.6. The minimum Gasteiger partial charge on any atom is -0.398 e. The highest BCUT2D eigenvalue weighted by molar-refractivity contribution is 7.89. The second-order valence-electron chi connectivity index (χ2n) is 4.10. The predicted octanol–water partition coefficient (Wildman–Crippen LogP) is -1.51. The van der Waals surface area contributed by atoms with Crippen LogP contribution in [0, 0.1) is 0 Å².